The molecule has 2 aliphatic heterocycles. The van der Waals surface area contributed by atoms with Crippen LogP contribution in [-0.2, 0) is 14.2 Å². The van der Waals surface area contributed by atoms with Gasteiger partial charge in [0, 0.05) is 6.54 Å². The molecule has 0 spiro atoms. The normalized spacial score (nSPS) is 33.4. The number of fused-ring (bicyclic) bond motifs is 2. The molecule has 3 unspecified atom stereocenters. The predicted molar refractivity (Wildman–Crippen MR) is 76.5 cm³/mol. The number of rotatable bonds is 2. The van der Waals surface area contributed by atoms with Crippen LogP contribution in [0.25, 0.3) is 11.2 Å². The monoisotopic (exact) mass is 306 g/mol. The van der Waals surface area contributed by atoms with Gasteiger partial charge in [0.1, 0.15) is 30.2 Å². The van der Waals surface area contributed by atoms with Crippen molar-refractivity contribution in [2.45, 2.75) is 44.2 Å². The minimum atomic E-state index is -0.671. The van der Waals surface area contributed by atoms with Gasteiger partial charge in [-0.05, 0) is 13.8 Å². The Bertz CT molecular complexity index is 717. The van der Waals surface area contributed by atoms with Gasteiger partial charge in [0.2, 0.25) is 0 Å². The highest BCUT2D eigenvalue weighted by molar-refractivity contribution is 5.81. The van der Waals surface area contributed by atoms with E-state index < -0.39 is 12.0 Å². The van der Waals surface area contributed by atoms with E-state index in [1.54, 1.807) is 10.9 Å². The number of nitrogen functional groups attached to an aromatic ring is 1. The van der Waals surface area contributed by atoms with Crippen LogP contribution in [0.15, 0.2) is 12.7 Å². The minimum Gasteiger partial charge on any atom is -0.382 e. The molecule has 2 aromatic heterocycles. The van der Waals surface area contributed by atoms with Gasteiger partial charge in [0.05, 0.1) is 6.33 Å². The van der Waals surface area contributed by atoms with E-state index in [2.05, 4.69) is 15.0 Å². The summed E-state index contributed by atoms with van der Waals surface area (Å²) in [5.74, 6) is -0.340. The van der Waals surface area contributed by atoms with Crippen molar-refractivity contribution in [1.82, 2.24) is 19.5 Å². The molecule has 4 heterocycles. The third-order valence-electron chi connectivity index (χ3n) is 4.02. The first-order chi connectivity index (χ1) is 10.5. The Hall–Kier alpha value is -1.81. The third-order valence-corrected chi connectivity index (χ3v) is 4.02. The average Bonchev–Trinajstić information content (AvgIpc) is 3.10. The van der Waals surface area contributed by atoms with E-state index in [1.807, 2.05) is 13.8 Å². The van der Waals surface area contributed by atoms with Crippen molar-refractivity contribution in [3.63, 3.8) is 0 Å². The van der Waals surface area contributed by atoms with Gasteiger partial charge in [-0.1, -0.05) is 0 Å². The van der Waals surface area contributed by atoms with Gasteiger partial charge in [0.15, 0.2) is 23.5 Å². The molecular weight excluding hydrogens is 288 g/mol. The molecule has 0 saturated carbocycles. The summed E-state index contributed by atoms with van der Waals surface area (Å²) in [6.45, 7) is 4.10. The van der Waals surface area contributed by atoms with Gasteiger partial charge in [-0.3, -0.25) is 4.57 Å². The fourth-order valence-electron chi connectivity index (χ4n) is 3.13. The van der Waals surface area contributed by atoms with Crippen LogP contribution < -0.4 is 11.5 Å². The molecule has 4 atom stereocenters. The van der Waals surface area contributed by atoms with Crippen molar-refractivity contribution < 1.29 is 14.2 Å². The molecule has 0 amide bonds. The molecule has 0 radical (unpaired) electrons. The van der Waals surface area contributed by atoms with E-state index in [1.165, 1.54) is 6.33 Å². The maximum atomic E-state index is 6.01. The topological polar surface area (TPSA) is 123 Å². The summed E-state index contributed by atoms with van der Waals surface area (Å²) in [6.07, 6.45) is 1.87. The van der Waals surface area contributed by atoms with E-state index in [0.717, 1.165) is 0 Å². The number of anilines is 1. The highest BCUT2D eigenvalue weighted by atomic mass is 16.8. The summed E-state index contributed by atoms with van der Waals surface area (Å²) in [5, 5.41) is 0. The van der Waals surface area contributed by atoms with Gasteiger partial charge in [-0.15, -0.1) is 0 Å². The number of nitrogens with zero attached hydrogens (tertiary/aromatic N) is 4. The largest absolute Gasteiger partial charge is 0.382 e. The number of nitrogens with two attached hydrogens (primary N) is 2. The number of hydrogen-bond acceptors (Lipinski definition) is 8. The van der Waals surface area contributed by atoms with Crippen molar-refractivity contribution in [2.24, 2.45) is 5.73 Å². The number of aromatic nitrogens is 4. The van der Waals surface area contributed by atoms with Crippen LogP contribution in [0.2, 0.25) is 0 Å². The Balaban J connectivity index is 1.77. The van der Waals surface area contributed by atoms with E-state index in [-0.39, 0.29) is 18.3 Å². The van der Waals surface area contributed by atoms with E-state index in [0.29, 0.717) is 23.5 Å². The lowest BCUT2D eigenvalue weighted by atomic mass is 10.1. The van der Waals surface area contributed by atoms with Crippen molar-refractivity contribution >= 4 is 17.0 Å². The molecule has 9 nitrogen and oxygen atoms in total. The van der Waals surface area contributed by atoms with Gasteiger partial charge in [0.25, 0.3) is 0 Å². The summed E-state index contributed by atoms with van der Waals surface area (Å²) in [7, 11) is 0. The molecule has 22 heavy (non-hydrogen) atoms. The lowest BCUT2D eigenvalue weighted by Crippen LogP contribution is -2.34. The number of hydrogen-bond donors (Lipinski definition) is 2. The fourth-order valence-corrected chi connectivity index (χ4v) is 3.13. The number of ether oxygens (including phenoxy) is 3. The Morgan fingerprint density at radius 2 is 2.00 bits per heavy atom. The Kier molecular flexibility index (Phi) is 2.89. The van der Waals surface area contributed by atoms with Crippen LogP contribution in [0.3, 0.4) is 0 Å². The van der Waals surface area contributed by atoms with E-state index in [4.69, 9.17) is 25.7 Å². The second-order valence-electron chi connectivity index (χ2n) is 5.95. The quantitative estimate of drug-likeness (QED) is 0.781. The van der Waals surface area contributed by atoms with Crippen LogP contribution >= 0.6 is 0 Å². The van der Waals surface area contributed by atoms with Gasteiger partial charge in [-0.2, -0.15) is 0 Å². The first-order valence-electron chi connectivity index (χ1n) is 7.14. The average molecular weight is 306 g/mol. The molecule has 2 fully saturated rings. The summed E-state index contributed by atoms with van der Waals surface area (Å²) >= 11 is 0. The van der Waals surface area contributed by atoms with Crippen molar-refractivity contribution in [3.05, 3.63) is 12.7 Å². The van der Waals surface area contributed by atoms with Gasteiger partial charge in [-0.25, -0.2) is 15.0 Å². The maximum Gasteiger partial charge on any atom is 0.167 e. The summed E-state index contributed by atoms with van der Waals surface area (Å²) < 4.78 is 19.7. The molecule has 2 aliphatic rings. The minimum absolute atomic E-state index is 0.221. The highest BCUT2D eigenvalue weighted by Crippen LogP contribution is 2.43. The molecular formula is C13H18N6O3. The second kappa shape index (κ2) is 4.59. The summed E-state index contributed by atoms with van der Waals surface area (Å²) in [5.41, 5.74) is 12.8. The van der Waals surface area contributed by atoms with Crippen molar-refractivity contribution in [2.75, 3.05) is 12.3 Å². The maximum absolute atomic E-state index is 6.01. The fraction of sp³-hybridized carbons (Fsp3) is 0.615. The van der Waals surface area contributed by atoms with Crippen LogP contribution in [0.4, 0.5) is 5.82 Å². The zero-order valence-corrected chi connectivity index (χ0v) is 12.3. The van der Waals surface area contributed by atoms with Crippen LogP contribution in [0.5, 0.6) is 0 Å². The molecule has 2 aromatic rings. The first kappa shape index (κ1) is 13.8. The standard InChI is InChI=1S/C13H18N6O3/c1-13(2)21-8-6(3-14)20-12(9(8)22-13)19-5-18-7-10(15)16-4-17-11(7)19/h4-6,8-9,12H,3,14H2,1-2H3,(H2,15,16,17)/t6?,8-,9?,12?/m1/s1. The smallest absolute Gasteiger partial charge is 0.167 e. The summed E-state index contributed by atoms with van der Waals surface area (Å²) in [6, 6.07) is 0. The molecule has 4 rings (SSSR count). The molecule has 0 aromatic carbocycles. The van der Waals surface area contributed by atoms with E-state index >= 15 is 0 Å². The third kappa shape index (κ3) is 1.90. The van der Waals surface area contributed by atoms with Gasteiger partial charge >= 0.3 is 0 Å². The number of imidazole rings is 1. The molecule has 4 N–H and O–H groups in total. The van der Waals surface area contributed by atoms with Crippen LogP contribution in [-0.4, -0.2) is 50.2 Å². The Labute approximate surface area is 126 Å². The van der Waals surface area contributed by atoms with Crippen LogP contribution in [0.1, 0.15) is 20.1 Å². The second-order valence-corrected chi connectivity index (χ2v) is 5.95. The van der Waals surface area contributed by atoms with Gasteiger partial charge < -0.3 is 25.7 Å². The first-order valence-corrected chi connectivity index (χ1v) is 7.14. The zero-order valence-electron chi connectivity index (χ0n) is 12.3. The van der Waals surface area contributed by atoms with Crippen LogP contribution in [0, 0.1) is 0 Å². The molecule has 0 aliphatic carbocycles. The molecule has 9 heteroatoms. The Morgan fingerprint density at radius 1 is 1.23 bits per heavy atom. The molecule has 118 valence electrons. The lowest BCUT2D eigenvalue weighted by molar-refractivity contribution is -0.195. The van der Waals surface area contributed by atoms with E-state index in [9.17, 15) is 0 Å². The SMILES string of the molecule is CC1(C)OC2C(n3cnc4c(N)ncnc43)OC(CN)[C@H]2O1. The Morgan fingerprint density at radius 3 is 2.77 bits per heavy atom. The zero-order chi connectivity index (χ0) is 15.5. The molecule has 2 saturated heterocycles. The predicted octanol–water partition coefficient (Wildman–Crippen LogP) is -0.215. The highest BCUT2D eigenvalue weighted by Gasteiger charge is 2.55. The van der Waals surface area contributed by atoms with Crippen molar-refractivity contribution in [1.29, 1.82) is 0 Å². The lowest BCUT2D eigenvalue weighted by Gasteiger charge is -2.24. The van der Waals surface area contributed by atoms with Crippen molar-refractivity contribution in [3.8, 4) is 0 Å². The summed E-state index contributed by atoms with van der Waals surface area (Å²) in [4.78, 5) is 12.5. The molecule has 0 bridgehead atoms.